The molecule has 0 aliphatic rings. The van der Waals surface area contributed by atoms with Crippen molar-refractivity contribution in [3.63, 3.8) is 0 Å². The minimum atomic E-state index is 0.475. The molecule has 0 fully saturated rings. The fourth-order valence-electron chi connectivity index (χ4n) is 1.66. The van der Waals surface area contributed by atoms with Crippen LogP contribution in [0.15, 0.2) is 42.5 Å². The Morgan fingerprint density at radius 1 is 1.22 bits per heavy atom. The highest BCUT2D eigenvalue weighted by molar-refractivity contribution is 14.1. The van der Waals surface area contributed by atoms with Crippen molar-refractivity contribution in [2.75, 3.05) is 0 Å². The molecule has 0 atom stereocenters. The maximum atomic E-state index is 11.0. The average Bonchev–Trinajstić information content (AvgIpc) is 2.39. The number of carbonyl (C=O) groups is 1. The van der Waals surface area contributed by atoms with Crippen molar-refractivity contribution in [2.45, 2.75) is 13.5 Å². The Morgan fingerprint density at radius 3 is 2.72 bits per heavy atom. The van der Waals surface area contributed by atoms with Crippen LogP contribution in [0.25, 0.3) is 0 Å². The second-order valence-corrected chi connectivity index (χ2v) is 5.20. The van der Waals surface area contributed by atoms with E-state index in [1.54, 1.807) is 0 Å². The number of aryl methyl sites for hydroxylation is 1. The first-order valence-electron chi connectivity index (χ1n) is 5.63. The summed E-state index contributed by atoms with van der Waals surface area (Å²) in [7, 11) is 0. The molecule has 0 aliphatic carbocycles. The molecule has 0 amide bonds. The predicted octanol–water partition coefficient (Wildman–Crippen LogP) is 3.99. The third-order valence-electron chi connectivity index (χ3n) is 2.63. The molecule has 0 aromatic heterocycles. The molecule has 0 spiro atoms. The minimum Gasteiger partial charge on any atom is -0.488 e. The van der Waals surface area contributed by atoms with Gasteiger partial charge in [0, 0.05) is 9.13 Å². The van der Waals surface area contributed by atoms with Gasteiger partial charge in [0.1, 0.15) is 12.4 Å². The van der Waals surface area contributed by atoms with Crippen LogP contribution in [-0.4, -0.2) is 6.29 Å². The van der Waals surface area contributed by atoms with Gasteiger partial charge in [-0.25, -0.2) is 0 Å². The number of ether oxygens (including phenoxy) is 1. The van der Waals surface area contributed by atoms with E-state index in [4.69, 9.17) is 4.74 Å². The molecular formula is C15H13IO2. The highest BCUT2D eigenvalue weighted by Gasteiger charge is 2.05. The fraction of sp³-hybridized carbons (Fsp3) is 0.133. The Balaban J connectivity index is 2.16. The molecule has 0 saturated heterocycles. The number of rotatable bonds is 4. The summed E-state index contributed by atoms with van der Waals surface area (Å²) in [6.07, 6.45) is 0.832. The van der Waals surface area contributed by atoms with Gasteiger partial charge in [-0.05, 0) is 47.7 Å². The van der Waals surface area contributed by atoms with Crippen molar-refractivity contribution < 1.29 is 9.53 Å². The lowest BCUT2D eigenvalue weighted by molar-refractivity contribution is 0.111. The van der Waals surface area contributed by atoms with Gasteiger partial charge in [0.05, 0.1) is 5.56 Å². The van der Waals surface area contributed by atoms with Crippen LogP contribution in [0.1, 0.15) is 21.5 Å². The van der Waals surface area contributed by atoms with Crippen LogP contribution < -0.4 is 4.74 Å². The summed E-state index contributed by atoms with van der Waals surface area (Å²) in [5.41, 5.74) is 2.77. The third kappa shape index (κ3) is 3.10. The maximum Gasteiger partial charge on any atom is 0.153 e. The second kappa shape index (κ2) is 6.00. The molecule has 2 nitrogen and oxygen atoms in total. The molecule has 2 rings (SSSR count). The molecular weight excluding hydrogens is 339 g/mol. The molecule has 2 aromatic rings. The summed E-state index contributed by atoms with van der Waals surface area (Å²) in [6.45, 7) is 2.43. The van der Waals surface area contributed by atoms with Gasteiger partial charge in [0.15, 0.2) is 6.29 Å². The Hall–Kier alpha value is -1.36. The first-order valence-corrected chi connectivity index (χ1v) is 6.70. The number of halogens is 1. The van der Waals surface area contributed by atoms with Gasteiger partial charge in [-0.1, -0.05) is 29.8 Å². The second-order valence-electron chi connectivity index (χ2n) is 4.04. The van der Waals surface area contributed by atoms with E-state index in [2.05, 4.69) is 22.6 Å². The fourth-order valence-corrected chi connectivity index (χ4v) is 2.21. The van der Waals surface area contributed by atoms with Crippen molar-refractivity contribution in [3.8, 4) is 5.75 Å². The van der Waals surface area contributed by atoms with Gasteiger partial charge in [-0.3, -0.25) is 4.79 Å². The molecule has 2 aromatic carbocycles. The standard InChI is InChI=1S/C15H13IO2/c1-11-6-7-15(13(8-11)9-17)18-10-12-4-2-3-5-14(12)16/h2-9H,10H2,1H3. The summed E-state index contributed by atoms with van der Waals surface area (Å²) in [5.74, 6) is 0.634. The summed E-state index contributed by atoms with van der Waals surface area (Å²) in [5, 5.41) is 0. The normalized spacial score (nSPS) is 10.1. The average molecular weight is 352 g/mol. The first kappa shape index (κ1) is 13.1. The molecule has 0 unspecified atom stereocenters. The van der Waals surface area contributed by atoms with E-state index in [9.17, 15) is 4.79 Å². The topological polar surface area (TPSA) is 26.3 Å². The van der Waals surface area contributed by atoms with Gasteiger partial charge >= 0.3 is 0 Å². The van der Waals surface area contributed by atoms with Crippen molar-refractivity contribution >= 4 is 28.9 Å². The van der Waals surface area contributed by atoms with Crippen LogP contribution in [0.5, 0.6) is 5.75 Å². The number of carbonyl (C=O) groups excluding carboxylic acids is 1. The van der Waals surface area contributed by atoms with Gasteiger partial charge in [0.25, 0.3) is 0 Å². The number of hydrogen-bond acceptors (Lipinski definition) is 2. The number of aldehydes is 1. The van der Waals surface area contributed by atoms with E-state index >= 15 is 0 Å². The monoisotopic (exact) mass is 352 g/mol. The van der Waals surface area contributed by atoms with Crippen LogP contribution in [0.2, 0.25) is 0 Å². The Bertz CT molecular complexity index is 564. The maximum absolute atomic E-state index is 11.0. The first-order chi connectivity index (χ1) is 8.70. The van der Waals surface area contributed by atoms with Crippen LogP contribution in [0, 0.1) is 10.5 Å². The third-order valence-corrected chi connectivity index (χ3v) is 3.69. The van der Waals surface area contributed by atoms with Crippen molar-refractivity contribution in [3.05, 3.63) is 62.7 Å². The summed E-state index contributed by atoms with van der Waals surface area (Å²) < 4.78 is 6.88. The molecule has 0 N–H and O–H groups in total. The van der Waals surface area contributed by atoms with Crippen molar-refractivity contribution in [1.29, 1.82) is 0 Å². The Morgan fingerprint density at radius 2 is 2.00 bits per heavy atom. The van der Waals surface area contributed by atoms with E-state index in [0.717, 1.165) is 21.0 Å². The Labute approximate surface area is 120 Å². The lowest BCUT2D eigenvalue weighted by Crippen LogP contribution is -2.00. The number of benzene rings is 2. The van der Waals surface area contributed by atoms with Crippen LogP contribution in [0.4, 0.5) is 0 Å². The van der Waals surface area contributed by atoms with E-state index in [0.29, 0.717) is 17.9 Å². The molecule has 0 bridgehead atoms. The Kier molecular flexibility index (Phi) is 4.36. The molecule has 92 valence electrons. The lowest BCUT2D eigenvalue weighted by Gasteiger charge is -2.10. The largest absolute Gasteiger partial charge is 0.488 e. The van der Waals surface area contributed by atoms with Crippen LogP contribution in [-0.2, 0) is 6.61 Å². The SMILES string of the molecule is Cc1ccc(OCc2ccccc2I)c(C=O)c1. The summed E-state index contributed by atoms with van der Waals surface area (Å²) >= 11 is 2.28. The molecule has 0 aliphatic heterocycles. The molecule has 0 heterocycles. The zero-order valence-corrected chi connectivity index (χ0v) is 12.2. The molecule has 3 heteroatoms. The van der Waals surface area contributed by atoms with Gasteiger partial charge in [0.2, 0.25) is 0 Å². The van der Waals surface area contributed by atoms with Gasteiger partial charge < -0.3 is 4.74 Å². The highest BCUT2D eigenvalue weighted by Crippen LogP contribution is 2.20. The van der Waals surface area contributed by atoms with E-state index < -0.39 is 0 Å². The molecule has 18 heavy (non-hydrogen) atoms. The van der Waals surface area contributed by atoms with Gasteiger partial charge in [-0.15, -0.1) is 0 Å². The predicted molar refractivity (Wildman–Crippen MR) is 80.1 cm³/mol. The van der Waals surface area contributed by atoms with E-state index in [1.807, 2.05) is 49.4 Å². The summed E-state index contributed by atoms with van der Waals surface area (Å²) in [6, 6.07) is 13.7. The highest BCUT2D eigenvalue weighted by atomic mass is 127. The van der Waals surface area contributed by atoms with E-state index in [-0.39, 0.29) is 0 Å². The smallest absolute Gasteiger partial charge is 0.153 e. The lowest BCUT2D eigenvalue weighted by atomic mass is 10.1. The van der Waals surface area contributed by atoms with Crippen molar-refractivity contribution in [2.24, 2.45) is 0 Å². The van der Waals surface area contributed by atoms with E-state index in [1.165, 1.54) is 0 Å². The zero-order valence-electron chi connectivity index (χ0n) is 10.0. The molecule has 0 saturated carbocycles. The number of hydrogen-bond donors (Lipinski definition) is 0. The minimum absolute atomic E-state index is 0.475. The van der Waals surface area contributed by atoms with Crippen molar-refractivity contribution in [1.82, 2.24) is 0 Å². The molecule has 0 radical (unpaired) electrons. The van der Waals surface area contributed by atoms with Crippen LogP contribution in [0.3, 0.4) is 0 Å². The quantitative estimate of drug-likeness (QED) is 0.614. The summed E-state index contributed by atoms with van der Waals surface area (Å²) in [4.78, 5) is 11.0. The van der Waals surface area contributed by atoms with Gasteiger partial charge in [-0.2, -0.15) is 0 Å². The van der Waals surface area contributed by atoms with Crippen LogP contribution >= 0.6 is 22.6 Å². The zero-order chi connectivity index (χ0) is 13.0.